The van der Waals surface area contributed by atoms with Crippen LogP contribution in [-0.4, -0.2) is 19.0 Å². The SMILES string of the molecule is C[C@H](C(N)=O)[NH+](C)Cc1ccc(C(F)(F)F)cc1. The number of benzene rings is 1. The van der Waals surface area contributed by atoms with Gasteiger partial charge in [-0.15, -0.1) is 0 Å². The second-order valence-electron chi connectivity index (χ2n) is 4.34. The summed E-state index contributed by atoms with van der Waals surface area (Å²) in [5.74, 6) is -0.431. The van der Waals surface area contributed by atoms with Gasteiger partial charge in [0.25, 0.3) is 5.91 Å². The number of amides is 1. The van der Waals surface area contributed by atoms with Crippen molar-refractivity contribution in [3.8, 4) is 0 Å². The fourth-order valence-corrected chi connectivity index (χ4v) is 1.53. The van der Waals surface area contributed by atoms with Crippen LogP contribution < -0.4 is 10.6 Å². The molecule has 0 spiro atoms. The Morgan fingerprint density at radius 1 is 1.33 bits per heavy atom. The second-order valence-corrected chi connectivity index (χ2v) is 4.34. The number of nitrogens with two attached hydrogens (primary N) is 1. The first-order chi connectivity index (χ1) is 8.21. The number of hydrogen-bond acceptors (Lipinski definition) is 1. The van der Waals surface area contributed by atoms with Gasteiger partial charge in [-0.3, -0.25) is 4.79 Å². The van der Waals surface area contributed by atoms with Crippen LogP contribution in [0.2, 0.25) is 0 Å². The summed E-state index contributed by atoms with van der Waals surface area (Å²) in [4.78, 5) is 11.8. The van der Waals surface area contributed by atoms with E-state index in [0.717, 1.165) is 22.6 Å². The molecule has 2 atom stereocenters. The quantitative estimate of drug-likeness (QED) is 0.819. The van der Waals surface area contributed by atoms with Crippen LogP contribution in [0.15, 0.2) is 24.3 Å². The van der Waals surface area contributed by atoms with E-state index < -0.39 is 17.6 Å². The number of rotatable bonds is 4. The van der Waals surface area contributed by atoms with Crippen molar-refractivity contribution in [3.63, 3.8) is 0 Å². The first-order valence-electron chi connectivity index (χ1n) is 5.49. The van der Waals surface area contributed by atoms with Gasteiger partial charge < -0.3 is 10.6 Å². The Labute approximate surface area is 103 Å². The number of alkyl halides is 3. The molecule has 0 aromatic heterocycles. The van der Waals surface area contributed by atoms with Gasteiger partial charge in [0.1, 0.15) is 6.54 Å². The van der Waals surface area contributed by atoms with Crippen molar-refractivity contribution >= 4 is 5.91 Å². The minimum Gasteiger partial charge on any atom is -0.365 e. The zero-order valence-corrected chi connectivity index (χ0v) is 10.2. The normalized spacial score (nSPS) is 15.2. The van der Waals surface area contributed by atoms with Gasteiger partial charge in [-0.05, 0) is 19.1 Å². The molecule has 6 heteroatoms. The number of carbonyl (C=O) groups excluding carboxylic acids is 1. The molecular weight excluding hydrogens is 245 g/mol. The number of nitrogens with one attached hydrogen (secondary N) is 1. The van der Waals surface area contributed by atoms with Gasteiger partial charge in [0, 0.05) is 5.56 Å². The zero-order valence-electron chi connectivity index (χ0n) is 10.2. The highest BCUT2D eigenvalue weighted by molar-refractivity contribution is 5.77. The third-order valence-corrected chi connectivity index (χ3v) is 2.93. The smallest absolute Gasteiger partial charge is 0.365 e. The highest BCUT2D eigenvalue weighted by atomic mass is 19.4. The standard InChI is InChI=1S/C12H15F3N2O/c1-8(11(16)18)17(2)7-9-3-5-10(6-4-9)12(13,14)15/h3-6,8H,7H2,1-2H3,(H2,16,18)/p+1/t8-/m1/s1. The molecule has 0 fully saturated rings. The highest BCUT2D eigenvalue weighted by Gasteiger charge is 2.30. The monoisotopic (exact) mass is 261 g/mol. The Morgan fingerprint density at radius 3 is 2.22 bits per heavy atom. The molecule has 0 aliphatic rings. The van der Waals surface area contributed by atoms with Crippen LogP contribution in [0.3, 0.4) is 0 Å². The zero-order chi connectivity index (χ0) is 13.9. The molecule has 0 radical (unpaired) electrons. The van der Waals surface area contributed by atoms with Gasteiger partial charge in [-0.25, -0.2) is 0 Å². The van der Waals surface area contributed by atoms with Crippen LogP contribution >= 0.6 is 0 Å². The fourth-order valence-electron chi connectivity index (χ4n) is 1.53. The molecule has 1 rings (SSSR count). The molecule has 1 amide bonds. The molecule has 3 N–H and O–H groups in total. The van der Waals surface area contributed by atoms with Crippen LogP contribution in [0, 0.1) is 0 Å². The van der Waals surface area contributed by atoms with Crippen molar-refractivity contribution in [3.05, 3.63) is 35.4 Å². The molecule has 0 bridgehead atoms. The minimum absolute atomic E-state index is 0.382. The number of quaternary nitrogens is 1. The fraction of sp³-hybridized carbons (Fsp3) is 0.417. The molecule has 0 saturated heterocycles. The molecule has 0 heterocycles. The Morgan fingerprint density at radius 2 is 1.83 bits per heavy atom. The summed E-state index contributed by atoms with van der Waals surface area (Å²) in [5.41, 5.74) is 5.22. The summed E-state index contributed by atoms with van der Waals surface area (Å²) in [6.07, 6.45) is -4.32. The molecule has 0 aliphatic heterocycles. The maximum Gasteiger partial charge on any atom is 0.416 e. The summed E-state index contributed by atoms with van der Waals surface area (Å²) in [7, 11) is 1.77. The largest absolute Gasteiger partial charge is 0.416 e. The summed E-state index contributed by atoms with van der Waals surface area (Å²) >= 11 is 0. The van der Waals surface area contributed by atoms with Crippen molar-refractivity contribution in [2.24, 2.45) is 5.73 Å². The van der Waals surface area contributed by atoms with Crippen LogP contribution in [0.5, 0.6) is 0 Å². The number of primary amides is 1. The summed E-state index contributed by atoms with van der Waals surface area (Å²) in [6, 6.07) is 4.53. The average Bonchev–Trinajstić information content (AvgIpc) is 2.27. The van der Waals surface area contributed by atoms with Crippen molar-refractivity contribution in [1.29, 1.82) is 0 Å². The molecule has 0 saturated carbocycles. The molecule has 0 aliphatic carbocycles. The molecule has 18 heavy (non-hydrogen) atoms. The number of carbonyl (C=O) groups is 1. The number of likely N-dealkylation sites (N-methyl/N-ethyl adjacent to an activating group) is 1. The second kappa shape index (κ2) is 5.39. The predicted molar refractivity (Wildman–Crippen MR) is 60.7 cm³/mol. The third kappa shape index (κ3) is 3.73. The lowest BCUT2D eigenvalue weighted by Crippen LogP contribution is -3.12. The first kappa shape index (κ1) is 14.5. The molecule has 1 aromatic rings. The Kier molecular flexibility index (Phi) is 4.34. The van der Waals surface area contributed by atoms with Gasteiger partial charge in [0.05, 0.1) is 12.6 Å². The summed E-state index contributed by atoms with van der Waals surface area (Å²) in [6.45, 7) is 2.13. The van der Waals surface area contributed by atoms with Crippen LogP contribution in [0.25, 0.3) is 0 Å². The third-order valence-electron chi connectivity index (χ3n) is 2.93. The van der Waals surface area contributed by atoms with E-state index in [2.05, 4.69) is 0 Å². The molecule has 3 nitrogen and oxygen atoms in total. The van der Waals surface area contributed by atoms with Crippen molar-refractivity contribution in [2.75, 3.05) is 7.05 Å². The summed E-state index contributed by atoms with van der Waals surface area (Å²) in [5, 5.41) is 0. The molecule has 1 unspecified atom stereocenters. The topological polar surface area (TPSA) is 47.5 Å². The van der Waals surface area contributed by atoms with Gasteiger partial charge in [0.2, 0.25) is 0 Å². The summed E-state index contributed by atoms with van der Waals surface area (Å²) < 4.78 is 37.0. The van der Waals surface area contributed by atoms with Crippen molar-refractivity contribution in [2.45, 2.75) is 25.7 Å². The maximum atomic E-state index is 12.3. The van der Waals surface area contributed by atoms with E-state index in [1.807, 2.05) is 0 Å². The Balaban J connectivity index is 2.73. The van der Waals surface area contributed by atoms with Gasteiger partial charge >= 0.3 is 6.18 Å². The van der Waals surface area contributed by atoms with E-state index in [0.29, 0.717) is 6.54 Å². The molecule has 100 valence electrons. The molecule has 1 aromatic carbocycles. The first-order valence-corrected chi connectivity index (χ1v) is 5.49. The highest BCUT2D eigenvalue weighted by Crippen LogP contribution is 2.28. The predicted octanol–water partition coefficient (Wildman–Crippen LogP) is 0.594. The van der Waals surface area contributed by atoms with E-state index in [1.54, 1.807) is 14.0 Å². The van der Waals surface area contributed by atoms with Crippen LogP contribution in [0.4, 0.5) is 13.2 Å². The van der Waals surface area contributed by atoms with E-state index in [-0.39, 0.29) is 6.04 Å². The van der Waals surface area contributed by atoms with E-state index in [4.69, 9.17) is 5.73 Å². The van der Waals surface area contributed by atoms with Gasteiger partial charge in [-0.2, -0.15) is 13.2 Å². The lowest BCUT2D eigenvalue weighted by molar-refractivity contribution is -0.908. The lowest BCUT2D eigenvalue weighted by atomic mass is 10.1. The number of halogens is 3. The van der Waals surface area contributed by atoms with E-state index in [1.165, 1.54) is 12.1 Å². The van der Waals surface area contributed by atoms with E-state index >= 15 is 0 Å². The minimum atomic E-state index is -4.32. The maximum absolute atomic E-state index is 12.3. The van der Waals surface area contributed by atoms with Gasteiger partial charge in [-0.1, -0.05) is 12.1 Å². The Bertz CT molecular complexity index is 414. The van der Waals surface area contributed by atoms with Crippen molar-refractivity contribution in [1.82, 2.24) is 0 Å². The van der Waals surface area contributed by atoms with E-state index in [9.17, 15) is 18.0 Å². The average molecular weight is 261 g/mol. The van der Waals surface area contributed by atoms with Crippen molar-refractivity contribution < 1.29 is 22.9 Å². The van der Waals surface area contributed by atoms with Crippen LogP contribution in [0.1, 0.15) is 18.1 Å². The number of hydrogen-bond donors (Lipinski definition) is 2. The molecular formula is C12H16F3N2O+. The Hall–Kier alpha value is -1.56. The lowest BCUT2D eigenvalue weighted by Gasteiger charge is -2.19. The van der Waals surface area contributed by atoms with Crippen LogP contribution in [-0.2, 0) is 17.5 Å². The van der Waals surface area contributed by atoms with Gasteiger partial charge in [0.15, 0.2) is 6.04 Å².